The number of aryl methyl sites for hydroxylation is 1. The van der Waals surface area contributed by atoms with Crippen LogP contribution in [0.3, 0.4) is 0 Å². The van der Waals surface area contributed by atoms with Gasteiger partial charge in [0.2, 0.25) is 0 Å². The third-order valence-electron chi connectivity index (χ3n) is 10.1. The van der Waals surface area contributed by atoms with E-state index < -0.39 is 11.0 Å². The zero-order valence-corrected chi connectivity index (χ0v) is 26.9. The van der Waals surface area contributed by atoms with Crippen LogP contribution in [0.1, 0.15) is 73.9 Å². The summed E-state index contributed by atoms with van der Waals surface area (Å²) in [6, 6.07) is 11.8. The van der Waals surface area contributed by atoms with E-state index >= 15 is 0 Å². The van der Waals surface area contributed by atoms with E-state index in [9.17, 15) is 9.00 Å². The molecule has 6 unspecified atom stereocenters. The molecule has 1 saturated carbocycles. The zero-order chi connectivity index (χ0) is 30.0. The van der Waals surface area contributed by atoms with E-state index in [1.165, 1.54) is 11.1 Å². The maximum atomic E-state index is 13.3. The number of fused-ring (bicyclic) bond motifs is 2. The fraction of sp³-hybridized carbons (Fsp3) is 0.559. The highest BCUT2D eigenvalue weighted by Gasteiger charge is 2.43. The minimum Gasteiger partial charge on any atom is -0.491 e. The van der Waals surface area contributed by atoms with Gasteiger partial charge in [-0.2, -0.15) is 0 Å². The van der Waals surface area contributed by atoms with Gasteiger partial charge >= 0.3 is 0 Å². The van der Waals surface area contributed by atoms with Crippen LogP contribution >= 0.6 is 11.6 Å². The Morgan fingerprint density at radius 1 is 1.24 bits per heavy atom. The van der Waals surface area contributed by atoms with Crippen molar-refractivity contribution in [2.24, 2.45) is 23.2 Å². The number of hydrogen-bond donors (Lipinski definition) is 1. The number of amides is 1. The van der Waals surface area contributed by atoms with Gasteiger partial charge in [0.25, 0.3) is 5.91 Å². The molecule has 228 valence electrons. The molecule has 2 bridgehead atoms. The van der Waals surface area contributed by atoms with Crippen LogP contribution in [0.4, 0.5) is 5.69 Å². The van der Waals surface area contributed by atoms with Gasteiger partial charge in [0.05, 0.1) is 18.4 Å². The van der Waals surface area contributed by atoms with E-state index in [1.54, 1.807) is 6.07 Å². The molecule has 2 aromatic carbocycles. The number of allylic oxidation sites excluding steroid dienone is 1. The second-order valence-electron chi connectivity index (χ2n) is 12.7. The molecule has 1 N–H and O–H groups in total. The quantitative estimate of drug-likeness (QED) is 0.371. The van der Waals surface area contributed by atoms with Crippen molar-refractivity contribution in [2.45, 2.75) is 64.9 Å². The lowest BCUT2D eigenvalue weighted by atomic mass is 9.65. The first-order chi connectivity index (χ1) is 20.1. The Balaban J connectivity index is 1.54. The molecule has 0 radical (unpaired) electrons. The first kappa shape index (κ1) is 31.1. The molecule has 0 spiro atoms. The molecule has 7 atom stereocenters. The molecule has 1 aliphatic carbocycles. The number of carbonyl (C=O) groups is 1. The summed E-state index contributed by atoms with van der Waals surface area (Å²) in [6.45, 7) is 12.8. The summed E-state index contributed by atoms with van der Waals surface area (Å²) in [5, 5.41) is 0.756. The molecule has 0 saturated heterocycles. The zero-order valence-electron chi connectivity index (χ0n) is 25.4. The van der Waals surface area contributed by atoms with Gasteiger partial charge in [-0.15, -0.1) is 6.58 Å². The van der Waals surface area contributed by atoms with Gasteiger partial charge in [-0.25, -0.2) is 4.21 Å². The predicted molar refractivity (Wildman–Crippen MR) is 172 cm³/mol. The average Bonchev–Trinajstić information content (AvgIpc) is 3.13. The third kappa shape index (κ3) is 6.44. The highest BCUT2D eigenvalue weighted by atomic mass is 35.5. The van der Waals surface area contributed by atoms with E-state index in [0.717, 1.165) is 61.7 Å². The van der Waals surface area contributed by atoms with Crippen molar-refractivity contribution in [1.29, 1.82) is 0 Å². The number of hydrogen-bond acceptors (Lipinski definition) is 5. The number of nitrogens with one attached hydrogen (secondary N) is 1. The molecule has 6 nitrogen and oxygen atoms in total. The highest BCUT2D eigenvalue weighted by molar-refractivity contribution is 7.83. The summed E-state index contributed by atoms with van der Waals surface area (Å²) >= 11 is 6.41. The Hall–Kier alpha value is -2.35. The van der Waals surface area contributed by atoms with Crippen LogP contribution < -0.4 is 14.4 Å². The lowest BCUT2D eigenvalue weighted by Crippen LogP contribution is -2.46. The Kier molecular flexibility index (Phi) is 9.70. The number of ether oxygens (including phenoxy) is 2. The van der Waals surface area contributed by atoms with E-state index in [1.807, 2.05) is 31.4 Å². The summed E-state index contributed by atoms with van der Waals surface area (Å²) in [6.07, 6.45) is 7.11. The van der Waals surface area contributed by atoms with Crippen LogP contribution in [-0.4, -0.2) is 48.8 Å². The summed E-state index contributed by atoms with van der Waals surface area (Å²) in [5.74, 6) is 1.84. The lowest BCUT2D eigenvalue weighted by Gasteiger charge is -2.46. The number of anilines is 1. The Labute approximate surface area is 258 Å². The Morgan fingerprint density at radius 2 is 2.05 bits per heavy atom. The second-order valence-corrected chi connectivity index (χ2v) is 14.4. The van der Waals surface area contributed by atoms with Crippen molar-refractivity contribution >= 4 is 34.2 Å². The standard InChI is InChI=1S/C34H45ClN2O4S/c1-6-8-23-15-27(35)11-13-28(23)26-19-37-18-25-9-12-29(25)32(40-5)17-34(4,7-2)22(3)21-42(39)36-33(38)24-10-14-31(41-20-26)30(37)16-24/h7,10-11,13-16,22,25-26,29,32H,2,6,8-9,12,17-21H2,1,3-5H3,(H,36,38)/t22-,25?,26?,29?,32?,34?,42?/m1/s1. The summed E-state index contributed by atoms with van der Waals surface area (Å²) in [5.41, 5.74) is 3.66. The van der Waals surface area contributed by atoms with Crippen molar-refractivity contribution in [2.75, 3.05) is 37.5 Å². The number of halogens is 1. The lowest BCUT2D eigenvalue weighted by molar-refractivity contribution is -0.0406. The fourth-order valence-corrected chi connectivity index (χ4v) is 8.44. The first-order valence-corrected chi connectivity index (χ1v) is 17.0. The topological polar surface area (TPSA) is 67.9 Å². The van der Waals surface area contributed by atoms with Crippen molar-refractivity contribution in [1.82, 2.24) is 4.72 Å². The first-order valence-electron chi connectivity index (χ1n) is 15.3. The predicted octanol–water partition coefficient (Wildman–Crippen LogP) is 6.94. The maximum Gasteiger partial charge on any atom is 0.263 e. The van der Waals surface area contributed by atoms with Gasteiger partial charge < -0.3 is 14.4 Å². The number of methoxy groups -OCH3 is 1. The minimum atomic E-state index is -1.53. The number of carbonyl (C=O) groups excluding carboxylic acids is 1. The van der Waals surface area contributed by atoms with Gasteiger partial charge in [-0.1, -0.05) is 50.9 Å². The monoisotopic (exact) mass is 612 g/mol. The minimum absolute atomic E-state index is 0.0447. The Bertz CT molecular complexity index is 1330. The van der Waals surface area contributed by atoms with Gasteiger partial charge in [0, 0.05) is 42.5 Å². The normalized spacial score (nSPS) is 31.7. The van der Waals surface area contributed by atoms with Gasteiger partial charge in [-0.3, -0.25) is 9.52 Å². The van der Waals surface area contributed by atoms with E-state index in [-0.39, 0.29) is 29.3 Å². The highest BCUT2D eigenvalue weighted by Crippen LogP contribution is 2.46. The number of benzene rings is 2. The molecular formula is C34H45ClN2O4S. The molecule has 2 heterocycles. The van der Waals surface area contributed by atoms with Crippen molar-refractivity contribution in [3.8, 4) is 5.75 Å². The molecule has 5 rings (SSSR count). The van der Waals surface area contributed by atoms with Crippen molar-refractivity contribution in [3.63, 3.8) is 0 Å². The smallest absolute Gasteiger partial charge is 0.263 e. The van der Waals surface area contributed by atoms with Crippen LogP contribution in [0.25, 0.3) is 0 Å². The molecule has 8 heteroatoms. The number of rotatable bonds is 5. The molecule has 0 aromatic heterocycles. The summed E-state index contributed by atoms with van der Waals surface area (Å²) < 4.78 is 28.5. The molecule has 3 aliphatic rings. The van der Waals surface area contributed by atoms with Crippen LogP contribution in [0, 0.1) is 23.2 Å². The number of nitrogens with zero attached hydrogens (tertiary/aromatic N) is 1. The largest absolute Gasteiger partial charge is 0.491 e. The molecule has 42 heavy (non-hydrogen) atoms. The van der Waals surface area contributed by atoms with Crippen molar-refractivity contribution in [3.05, 3.63) is 70.8 Å². The van der Waals surface area contributed by atoms with Gasteiger partial charge in [0.15, 0.2) is 0 Å². The van der Waals surface area contributed by atoms with Crippen molar-refractivity contribution < 1.29 is 18.5 Å². The average molecular weight is 613 g/mol. The van der Waals surface area contributed by atoms with E-state index in [0.29, 0.717) is 29.8 Å². The van der Waals surface area contributed by atoms with Gasteiger partial charge in [0.1, 0.15) is 16.7 Å². The SMILES string of the molecule is C=CC1(C)CC(OC)C2CCC2CN2CC(c3ccc(Cl)cc3CCC)COc3ccc(cc32)C(=O)NS(=O)C[C@H]1C. The molecule has 1 amide bonds. The maximum absolute atomic E-state index is 13.3. The van der Waals surface area contributed by atoms with Crippen LogP contribution in [0.15, 0.2) is 49.1 Å². The summed E-state index contributed by atoms with van der Waals surface area (Å²) in [4.78, 5) is 15.7. The van der Waals surface area contributed by atoms with Crippen LogP contribution in [-0.2, 0) is 22.1 Å². The third-order valence-corrected chi connectivity index (χ3v) is 11.5. The molecular weight excluding hydrogens is 568 g/mol. The second kappa shape index (κ2) is 13.1. The Morgan fingerprint density at radius 3 is 2.74 bits per heavy atom. The molecule has 2 aliphatic heterocycles. The van der Waals surface area contributed by atoms with Crippen LogP contribution in [0.2, 0.25) is 5.02 Å². The molecule has 2 aromatic rings. The summed E-state index contributed by atoms with van der Waals surface area (Å²) in [7, 11) is 0.285. The van der Waals surface area contributed by atoms with E-state index in [2.05, 4.69) is 49.1 Å². The van der Waals surface area contributed by atoms with E-state index in [4.69, 9.17) is 21.1 Å². The fourth-order valence-electron chi connectivity index (χ4n) is 7.00. The van der Waals surface area contributed by atoms with Crippen LogP contribution in [0.5, 0.6) is 5.75 Å². The molecule has 1 fully saturated rings. The van der Waals surface area contributed by atoms with Gasteiger partial charge in [-0.05, 0) is 90.3 Å².